The van der Waals surface area contributed by atoms with Crippen molar-refractivity contribution in [1.29, 1.82) is 0 Å². The number of carbonyl (C=O) groups is 1. The van der Waals surface area contributed by atoms with Crippen LogP contribution in [0.4, 0.5) is 0 Å². The number of amides is 1. The van der Waals surface area contributed by atoms with E-state index in [1.165, 1.54) is 0 Å². The Kier molecular flexibility index (Phi) is 3.29. The molecule has 1 aliphatic heterocycles. The van der Waals surface area contributed by atoms with E-state index in [0.717, 1.165) is 22.4 Å². The van der Waals surface area contributed by atoms with E-state index < -0.39 is 0 Å². The summed E-state index contributed by atoms with van der Waals surface area (Å²) in [6.07, 6.45) is 5.16. The molecule has 21 heavy (non-hydrogen) atoms. The molecule has 0 aliphatic carbocycles. The Morgan fingerprint density at radius 3 is 2.86 bits per heavy atom. The molecule has 6 heteroatoms. The third-order valence-electron chi connectivity index (χ3n) is 3.44. The first-order valence-electron chi connectivity index (χ1n) is 6.68. The molecule has 0 saturated heterocycles. The summed E-state index contributed by atoms with van der Waals surface area (Å²) in [6, 6.07) is 1.82. The van der Waals surface area contributed by atoms with Crippen molar-refractivity contribution in [1.82, 2.24) is 14.9 Å². The number of fused-ring (bicyclic) bond motifs is 1. The number of nitrogens with one attached hydrogen (secondary N) is 1. The van der Waals surface area contributed by atoms with E-state index in [0.29, 0.717) is 10.7 Å². The maximum absolute atomic E-state index is 12.2. The maximum atomic E-state index is 12.2. The molecule has 1 amide bonds. The number of nitrogens with zero attached hydrogens (tertiary/aromatic N) is 3. The quantitative estimate of drug-likeness (QED) is 0.867. The molecule has 1 N–H and O–H groups in total. The van der Waals surface area contributed by atoms with Crippen LogP contribution in [0.3, 0.4) is 0 Å². The molecule has 2 aromatic heterocycles. The fourth-order valence-electron chi connectivity index (χ4n) is 2.40. The van der Waals surface area contributed by atoms with Crippen molar-refractivity contribution in [2.75, 3.05) is 7.05 Å². The highest BCUT2D eigenvalue weighted by molar-refractivity contribution is 6.31. The van der Waals surface area contributed by atoms with E-state index in [1.807, 2.05) is 19.9 Å². The van der Waals surface area contributed by atoms with Crippen LogP contribution in [0.15, 0.2) is 29.1 Å². The summed E-state index contributed by atoms with van der Waals surface area (Å²) in [5.74, 6) is 0.884. The van der Waals surface area contributed by atoms with Gasteiger partial charge < -0.3 is 4.98 Å². The number of likely N-dealkylation sites (N-methyl/N-ethyl adjacent to an activating group) is 1. The fourth-order valence-corrected chi connectivity index (χ4v) is 2.56. The minimum atomic E-state index is -0.0944. The van der Waals surface area contributed by atoms with Gasteiger partial charge in [0.25, 0.3) is 5.91 Å². The van der Waals surface area contributed by atoms with Crippen LogP contribution >= 0.6 is 11.6 Å². The normalized spacial score (nSPS) is 17.4. The lowest BCUT2D eigenvalue weighted by atomic mass is 10.2. The molecule has 3 heterocycles. The molecule has 0 spiro atoms. The number of rotatable bonds is 2. The number of hydrogen-bond acceptors (Lipinski definition) is 3. The van der Waals surface area contributed by atoms with Gasteiger partial charge >= 0.3 is 0 Å². The molecule has 0 aromatic carbocycles. The Labute approximate surface area is 127 Å². The van der Waals surface area contributed by atoms with E-state index in [-0.39, 0.29) is 11.8 Å². The molecular formula is C15H15ClN4O. The largest absolute Gasteiger partial charge is 0.346 e. The number of amidine groups is 1. The molecule has 0 saturated carbocycles. The van der Waals surface area contributed by atoms with Crippen LogP contribution in [0.5, 0.6) is 0 Å². The predicted molar refractivity (Wildman–Crippen MR) is 84.1 cm³/mol. The molecule has 0 unspecified atom stereocenters. The highest BCUT2D eigenvalue weighted by atomic mass is 35.5. The first kappa shape index (κ1) is 13.8. The molecular weight excluding hydrogens is 288 g/mol. The third kappa shape index (κ3) is 2.34. The van der Waals surface area contributed by atoms with Gasteiger partial charge in [-0.25, -0.2) is 9.98 Å². The zero-order valence-electron chi connectivity index (χ0n) is 12.0. The second-order valence-electron chi connectivity index (χ2n) is 5.31. The number of hydrogen-bond donors (Lipinski definition) is 1. The van der Waals surface area contributed by atoms with Crippen LogP contribution in [-0.2, 0) is 4.79 Å². The summed E-state index contributed by atoms with van der Waals surface area (Å²) in [5.41, 5.74) is 2.02. The summed E-state index contributed by atoms with van der Waals surface area (Å²) in [7, 11) is 1.75. The lowest BCUT2D eigenvalue weighted by Crippen LogP contribution is -2.30. The average molecular weight is 303 g/mol. The Hall–Kier alpha value is -2.14. The Bertz CT molecular complexity index is 788. The SMILES string of the molecule is CC(C)C1=NC(=Cc2c[nH]c3ncc(Cl)cc23)C(=O)N1C. The second-order valence-corrected chi connectivity index (χ2v) is 5.75. The number of H-pyrrole nitrogens is 1. The molecule has 0 radical (unpaired) electrons. The van der Waals surface area contributed by atoms with Crippen LogP contribution in [0.1, 0.15) is 19.4 Å². The predicted octanol–water partition coefficient (Wildman–Crippen LogP) is 3.08. The third-order valence-corrected chi connectivity index (χ3v) is 3.65. The average Bonchev–Trinajstić information content (AvgIpc) is 2.95. The van der Waals surface area contributed by atoms with Crippen LogP contribution in [0, 0.1) is 5.92 Å². The standard InChI is InChI=1S/C15H15ClN4O/c1-8(2)14-19-12(15(21)20(14)3)4-9-6-17-13-11(9)5-10(16)7-18-13/h4-8H,1-3H3,(H,17,18). The number of pyridine rings is 1. The highest BCUT2D eigenvalue weighted by Gasteiger charge is 2.28. The molecule has 108 valence electrons. The topological polar surface area (TPSA) is 61.4 Å². The second kappa shape index (κ2) is 5.00. The number of aliphatic imine (C=N–C) groups is 1. The lowest BCUT2D eigenvalue weighted by Gasteiger charge is -2.13. The van der Waals surface area contributed by atoms with Gasteiger partial charge in [-0.15, -0.1) is 0 Å². The number of aromatic nitrogens is 2. The van der Waals surface area contributed by atoms with Gasteiger partial charge in [-0.1, -0.05) is 25.4 Å². The molecule has 2 aromatic rings. The van der Waals surface area contributed by atoms with Crippen molar-refractivity contribution in [2.45, 2.75) is 13.8 Å². The number of carbonyl (C=O) groups excluding carboxylic acids is 1. The number of aromatic amines is 1. The molecule has 5 nitrogen and oxygen atoms in total. The van der Waals surface area contributed by atoms with Crippen molar-refractivity contribution < 1.29 is 4.79 Å². The van der Waals surface area contributed by atoms with Gasteiger partial charge in [0.2, 0.25) is 0 Å². The zero-order valence-corrected chi connectivity index (χ0v) is 12.8. The van der Waals surface area contributed by atoms with Crippen LogP contribution in [0.25, 0.3) is 17.1 Å². The summed E-state index contributed by atoms with van der Waals surface area (Å²) < 4.78 is 0. The van der Waals surface area contributed by atoms with Crippen LogP contribution < -0.4 is 0 Å². The highest BCUT2D eigenvalue weighted by Crippen LogP contribution is 2.25. The van der Waals surface area contributed by atoms with Crippen molar-refractivity contribution in [3.05, 3.63) is 34.7 Å². The number of halogens is 1. The first-order valence-corrected chi connectivity index (χ1v) is 7.06. The van der Waals surface area contributed by atoms with Crippen molar-refractivity contribution in [3.8, 4) is 0 Å². The summed E-state index contributed by atoms with van der Waals surface area (Å²) in [5, 5.41) is 1.43. The minimum absolute atomic E-state index is 0.0944. The molecule has 3 rings (SSSR count). The smallest absolute Gasteiger partial charge is 0.277 e. The van der Waals surface area contributed by atoms with E-state index >= 15 is 0 Å². The van der Waals surface area contributed by atoms with Crippen LogP contribution in [-0.4, -0.2) is 33.7 Å². The van der Waals surface area contributed by atoms with Gasteiger partial charge in [0, 0.05) is 36.3 Å². The Morgan fingerprint density at radius 1 is 1.43 bits per heavy atom. The van der Waals surface area contributed by atoms with Crippen molar-refractivity contribution in [2.24, 2.45) is 10.9 Å². The molecule has 0 atom stereocenters. The van der Waals surface area contributed by atoms with Crippen LogP contribution in [0.2, 0.25) is 5.02 Å². The Morgan fingerprint density at radius 2 is 2.19 bits per heavy atom. The van der Waals surface area contributed by atoms with E-state index in [2.05, 4.69) is 15.0 Å². The van der Waals surface area contributed by atoms with Crippen molar-refractivity contribution >= 4 is 40.5 Å². The Balaban J connectivity index is 2.08. The van der Waals surface area contributed by atoms with E-state index in [4.69, 9.17) is 11.6 Å². The molecule has 0 fully saturated rings. The minimum Gasteiger partial charge on any atom is -0.346 e. The van der Waals surface area contributed by atoms with Gasteiger partial charge in [0.05, 0.1) is 5.02 Å². The van der Waals surface area contributed by atoms with Gasteiger partial charge in [0.15, 0.2) is 0 Å². The zero-order chi connectivity index (χ0) is 15.1. The first-order chi connectivity index (χ1) is 9.97. The molecule has 1 aliphatic rings. The summed E-state index contributed by atoms with van der Waals surface area (Å²) in [4.78, 5) is 25.5. The summed E-state index contributed by atoms with van der Waals surface area (Å²) >= 11 is 5.98. The maximum Gasteiger partial charge on any atom is 0.277 e. The van der Waals surface area contributed by atoms with E-state index in [1.54, 1.807) is 30.4 Å². The molecule has 0 bridgehead atoms. The van der Waals surface area contributed by atoms with E-state index in [9.17, 15) is 4.79 Å². The monoisotopic (exact) mass is 302 g/mol. The van der Waals surface area contributed by atoms with Gasteiger partial charge in [-0.3, -0.25) is 9.69 Å². The van der Waals surface area contributed by atoms with Gasteiger partial charge in [-0.2, -0.15) is 0 Å². The van der Waals surface area contributed by atoms with Gasteiger partial charge in [-0.05, 0) is 12.1 Å². The fraction of sp³-hybridized carbons (Fsp3) is 0.267. The van der Waals surface area contributed by atoms with Crippen molar-refractivity contribution in [3.63, 3.8) is 0 Å². The lowest BCUT2D eigenvalue weighted by molar-refractivity contribution is -0.121. The van der Waals surface area contributed by atoms with Gasteiger partial charge in [0.1, 0.15) is 17.2 Å². The summed E-state index contributed by atoms with van der Waals surface area (Å²) in [6.45, 7) is 4.03.